The number of aromatic nitrogens is 1. The van der Waals surface area contributed by atoms with Crippen molar-refractivity contribution in [2.24, 2.45) is 5.92 Å². The SMILES string of the molecule is CNCC1CCN(C(=O)CSc2ccncc2)CC1. The minimum absolute atomic E-state index is 0.254. The molecule has 0 spiro atoms. The van der Waals surface area contributed by atoms with Crippen LogP contribution in [-0.2, 0) is 4.79 Å². The van der Waals surface area contributed by atoms with Crippen molar-refractivity contribution in [3.05, 3.63) is 24.5 Å². The normalized spacial score (nSPS) is 16.6. The van der Waals surface area contributed by atoms with Crippen molar-refractivity contribution in [2.45, 2.75) is 17.7 Å². The molecule has 0 aromatic carbocycles. The number of carbonyl (C=O) groups is 1. The first kappa shape index (κ1) is 14.3. The smallest absolute Gasteiger partial charge is 0.232 e. The number of hydrogen-bond acceptors (Lipinski definition) is 4. The van der Waals surface area contributed by atoms with Gasteiger partial charge in [0.25, 0.3) is 0 Å². The van der Waals surface area contributed by atoms with Crippen LogP contribution in [0.2, 0.25) is 0 Å². The summed E-state index contributed by atoms with van der Waals surface area (Å²) in [6, 6.07) is 3.88. The first-order valence-electron chi connectivity index (χ1n) is 6.75. The highest BCUT2D eigenvalue weighted by molar-refractivity contribution is 8.00. The Hall–Kier alpha value is -1.07. The molecule has 1 aliphatic rings. The van der Waals surface area contributed by atoms with E-state index in [2.05, 4.69) is 10.3 Å². The van der Waals surface area contributed by atoms with E-state index in [1.165, 1.54) is 0 Å². The number of piperidine rings is 1. The zero-order chi connectivity index (χ0) is 13.5. The van der Waals surface area contributed by atoms with Gasteiger partial charge in [0, 0.05) is 30.4 Å². The fourth-order valence-corrected chi connectivity index (χ4v) is 3.13. The molecule has 0 saturated carbocycles. The topological polar surface area (TPSA) is 45.2 Å². The quantitative estimate of drug-likeness (QED) is 0.832. The Balaban J connectivity index is 1.73. The molecule has 1 fully saturated rings. The molecule has 1 aliphatic heterocycles. The standard InChI is InChI=1S/C14H21N3OS/c1-15-10-12-4-8-17(9-5-12)14(18)11-19-13-2-6-16-7-3-13/h2-3,6-7,12,15H,4-5,8-11H2,1H3. The summed E-state index contributed by atoms with van der Waals surface area (Å²) in [4.78, 5) is 19.2. The molecule has 1 aromatic heterocycles. The van der Waals surface area contributed by atoms with Gasteiger partial charge in [-0.2, -0.15) is 0 Å². The van der Waals surface area contributed by atoms with Crippen LogP contribution < -0.4 is 5.32 Å². The maximum atomic E-state index is 12.1. The molecule has 19 heavy (non-hydrogen) atoms. The minimum Gasteiger partial charge on any atom is -0.342 e. The van der Waals surface area contributed by atoms with Crippen LogP contribution in [0.3, 0.4) is 0 Å². The van der Waals surface area contributed by atoms with E-state index >= 15 is 0 Å². The average molecular weight is 279 g/mol. The number of likely N-dealkylation sites (tertiary alicyclic amines) is 1. The van der Waals surface area contributed by atoms with Gasteiger partial charge in [-0.3, -0.25) is 9.78 Å². The first-order chi connectivity index (χ1) is 9.29. The molecule has 0 bridgehead atoms. The first-order valence-corrected chi connectivity index (χ1v) is 7.73. The van der Waals surface area contributed by atoms with Crippen LogP contribution >= 0.6 is 11.8 Å². The summed E-state index contributed by atoms with van der Waals surface area (Å²) in [5.74, 6) is 1.51. The molecule has 104 valence electrons. The van der Waals surface area contributed by atoms with E-state index in [4.69, 9.17) is 0 Å². The van der Waals surface area contributed by atoms with E-state index in [1.807, 2.05) is 24.1 Å². The average Bonchev–Trinajstić information content (AvgIpc) is 2.47. The van der Waals surface area contributed by atoms with Crippen LogP contribution in [0.15, 0.2) is 29.4 Å². The van der Waals surface area contributed by atoms with Crippen molar-refractivity contribution in [1.29, 1.82) is 0 Å². The lowest BCUT2D eigenvalue weighted by Gasteiger charge is -2.31. The van der Waals surface area contributed by atoms with Crippen LogP contribution in [0, 0.1) is 5.92 Å². The Bertz CT molecular complexity index is 391. The maximum Gasteiger partial charge on any atom is 0.232 e. The Labute approximate surface area is 119 Å². The molecule has 4 nitrogen and oxygen atoms in total. The van der Waals surface area contributed by atoms with Crippen molar-refractivity contribution in [3.8, 4) is 0 Å². The van der Waals surface area contributed by atoms with Crippen LogP contribution in [0.1, 0.15) is 12.8 Å². The number of thioether (sulfide) groups is 1. The molecule has 1 saturated heterocycles. The van der Waals surface area contributed by atoms with Crippen molar-refractivity contribution in [2.75, 3.05) is 32.4 Å². The number of hydrogen-bond donors (Lipinski definition) is 1. The van der Waals surface area contributed by atoms with Gasteiger partial charge in [-0.15, -0.1) is 11.8 Å². The number of rotatable bonds is 5. The van der Waals surface area contributed by atoms with Gasteiger partial charge in [0.1, 0.15) is 0 Å². The number of pyridine rings is 1. The van der Waals surface area contributed by atoms with Crippen molar-refractivity contribution >= 4 is 17.7 Å². The highest BCUT2D eigenvalue weighted by atomic mass is 32.2. The summed E-state index contributed by atoms with van der Waals surface area (Å²) < 4.78 is 0. The molecule has 1 amide bonds. The number of carbonyl (C=O) groups excluding carboxylic acids is 1. The van der Waals surface area contributed by atoms with E-state index < -0.39 is 0 Å². The summed E-state index contributed by atoms with van der Waals surface area (Å²) in [5.41, 5.74) is 0. The zero-order valence-electron chi connectivity index (χ0n) is 11.3. The van der Waals surface area contributed by atoms with Gasteiger partial charge >= 0.3 is 0 Å². The van der Waals surface area contributed by atoms with Gasteiger partial charge in [-0.05, 0) is 44.5 Å². The van der Waals surface area contributed by atoms with Crippen LogP contribution in [-0.4, -0.2) is 48.2 Å². The monoisotopic (exact) mass is 279 g/mol. The summed E-state index contributed by atoms with van der Waals surface area (Å²) in [5, 5.41) is 3.21. The maximum absolute atomic E-state index is 12.1. The van der Waals surface area contributed by atoms with E-state index in [0.29, 0.717) is 5.75 Å². The van der Waals surface area contributed by atoms with Gasteiger partial charge in [0.15, 0.2) is 0 Å². The summed E-state index contributed by atoms with van der Waals surface area (Å²) in [7, 11) is 1.99. The summed E-state index contributed by atoms with van der Waals surface area (Å²) in [6.07, 6.45) is 5.76. The zero-order valence-corrected chi connectivity index (χ0v) is 12.2. The lowest BCUT2D eigenvalue weighted by atomic mass is 9.97. The predicted octanol–water partition coefficient (Wildman–Crippen LogP) is 1.63. The molecule has 1 aromatic rings. The molecule has 0 radical (unpaired) electrons. The van der Waals surface area contributed by atoms with Crippen molar-refractivity contribution in [3.63, 3.8) is 0 Å². The largest absolute Gasteiger partial charge is 0.342 e. The molecule has 2 heterocycles. The fourth-order valence-electron chi connectivity index (χ4n) is 2.35. The second kappa shape index (κ2) is 7.50. The van der Waals surface area contributed by atoms with E-state index in [0.717, 1.165) is 43.3 Å². The third-order valence-electron chi connectivity index (χ3n) is 3.47. The van der Waals surface area contributed by atoms with Gasteiger partial charge < -0.3 is 10.2 Å². The fraction of sp³-hybridized carbons (Fsp3) is 0.571. The lowest BCUT2D eigenvalue weighted by molar-refractivity contribution is -0.129. The van der Waals surface area contributed by atoms with Gasteiger partial charge in [0.2, 0.25) is 5.91 Å². The summed E-state index contributed by atoms with van der Waals surface area (Å²) >= 11 is 1.59. The van der Waals surface area contributed by atoms with Crippen molar-refractivity contribution in [1.82, 2.24) is 15.2 Å². The second-order valence-electron chi connectivity index (χ2n) is 4.85. The highest BCUT2D eigenvalue weighted by Crippen LogP contribution is 2.20. The van der Waals surface area contributed by atoms with Crippen LogP contribution in [0.4, 0.5) is 0 Å². The number of nitrogens with one attached hydrogen (secondary N) is 1. The van der Waals surface area contributed by atoms with Gasteiger partial charge in [0.05, 0.1) is 5.75 Å². The molecule has 0 unspecified atom stereocenters. The molecule has 5 heteroatoms. The van der Waals surface area contributed by atoms with E-state index in [9.17, 15) is 4.79 Å². The summed E-state index contributed by atoms with van der Waals surface area (Å²) in [6.45, 7) is 2.87. The van der Waals surface area contributed by atoms with Crippen LogP contribution in [0.25, 0.3) is 0 Å². The Morgan fingerprint density at radius 2 is 2.11 bits per heavy atom. The molecule has 0 atom stereocenters. The third-order valence-corrected chi connectivity index (χ3v) is 4.47. The van der Waals surface area contributed by atoms with Crippen LogP contribution in [0.5, 0.6) is 0 Å². The predicted molar refractivity (Wildman–Crippen MR) is 78.2 cm³/mol. The number of nitrogens with zero attached hydrogens (tertiary/aromatic N) is 2. The minimum atomic E-state index is 0.254. The molecule has 1 N–H and O–H groups in total. The second-order valence-corrected chi connectivity index (χ2v) is 5.90. The molecule has 0 aliphatic carbocycles. The Morgan fingerprint density at radius 1 is 1.42 bits per heavy atom. The van der Waals surface area contributed by atoms with E-state index in [1.54, 1.807) is 24.2 Å². The molecular formula is C14H21N3OS. The number of amides is 1. The highest BCUT2D eigenvalue weighted by Gasteiger charge is 2.22. The van der Waals surface area contributed by atoms with Gasteiger partial charge in [-0.1, -0.05) is 0 Å². The molecular weight excluding hydrogens is 258 g/mol. The Morgan fingerprint density at radius 3 is 2.74 bits per heavy atom. The van der Waals surface area contributed by atoms with E-state index in [-0.39, 0.29) is 5.91 Å². The third kappa shape index (κ3) is 4.51. The molecule has 2 rings (SSSR count). The van der Waals surface area contributed by atoms with Gasteiger partial charge in [-0.25, -0.2) is 0 Å². The lowest BCUT2D eigenvalue weighted by Crippen LogP contribution is -2.41. The Kier molecular flexibility index (Phi) is 5.66. The van der Waals surface area contributed by atoms with Crippen molar-refractivity contribution < 1.29 is 4.79 Å².